The van der Waals surface area contributed by atoms with Crippen molar-refractivity contribution in [1.29, 1.82) is 0 Å². The number of hydrogen-bond acceptors (Lipinski definition) is 4. The lowest BCUT2D eigenvalue weighted by molar-refractivity contribution is 0.0951. The summed E-state index contributed by atoms with van der Waals surface area (Å²) in [5.74, 6) is 0.804. The molecule has 138 valence electrons. The molecule has 0 aliphatic carbocycles. The zero-order valence-electron chi connectivity index (χ0n) is 14.8. The van der Waals surface area contributed by atoms with Gasteiger partial charge in [0.25, 0.3) is 5.91 Å². The molecule has 4 rings (SSSR count). The Morgan fingerprint density at radius 1 is 1.19 bits per heavy atom. The number of anilines is 1. The molecule has 1 fully saturated rings. The molecule has 0 spiro atoms. The van der Waals surface area contributed by atoms with E-state index in [0.29, 0.717) is 17.1 Å². The van der Waals surface area contributed by atoms with Gasteiger partial charge in [-0.1, -0.05) is 23.7 Å². The molecule has 0 radical (unpaired) electrons. The smallest absolute Gasteiger partial charge is 0.254 e. The SMILES string of the molecule is O=C(NCc1ccnc(N2CCCC2)c1)c1cnn(-c2ccccc2Cl)c1. The molecule has 0 atom stereocenters. The highest BCUT2D eigenvalue weighted by Crippen LogP contribution is 2.20. The summed E-state index contributed by atoms with van der Waals surface area (Å²) in [6.45, 7) is 2.54. The fourth-order valence-electron chi connectivity index (χ4n) is 3.18. The third kappa shape index (κ3) is 3.95. The van der Waals surface area contributed by atoms with Crippen molar-refractivity contribution in [3.8, 4) is 5.69 Å². The van der Waals surface area contributed by atoms with Crippen LogP contribution in [0.2, 0.25) is 5.02 Å². The number of para-hydroxylation sites is 1. The number of pyridine rings is 1. The number of hydrogen-bond donors (Lipinski definition) is 1. The third-order valence-electron chi connectivity index (χ3n) is 4.64. The number of benzene rings is 1. The Kier molecular flexibility index (Phi) is 5.07. The van der Waals surface area contributed by atoms with Crippen molar-refractivity contribution in [2.75, 3.05) is 18.0 Å². The van der Waals surface area contributed by atoms with Crippen LogP contribution in [0.1, 0.15) is 28.8 Å². The summed E-state index contributed by atoms with van der Waals surface area (Å²) >= 11 is 6.19. The van der Waals surface area contributed by atoms with Crippen molar-refractivity contribution in [2.24, 2.45) is 0 Å². The third-order valence-corrected chi connectivity index (χ3v) is 4.96. The van der Waals surface area contributed by atoms with Crippen LogP contribution in [0.3, 0.4) is 0 Å². The Hall–Kier alpha value is -2.86. The van der Waals surface area contributed by atoms with Gasteiger partial charge in [-0.15, -0.1) is 0 Å². The van der Waals surface area contributed by atoms with Crippen molar-refractivity contribution >= 4 is 23.3 Å². The number of carbonyl (C=O) groups excluding carboxylic acids is 1. The Morgan fingerprint density at radius 2 is 2.00 bits per heavy atom. The normalized spacial score (nSPS) is 13.7. The van der Waals surface area contributed by atoms with Crippen LogP contribution in [-0.4, -0.2) is 33.8 Å². The zero-order valence-corrected chi connectivity index (χ0v) is 15.6. The van der Waals surface area contributed by atoms with E-state index in [9.17, 15) is 4.79 Å². The highest BCUT2D eigenvalue weighted by atomic mass is 35.5. The fourth-order valence-corrected chi connectivity index (χ4v) is 3.41. The monoisotopic (exact) mass is 381 g/mol. The van der Waals surface area contributed by atoms with Gasteiger partial charge in [-0.2, -0.15) is 5.10 Å². The van der Waals surface area contributed by atoms with Crippen LogP contribution in [-0.2, 0) is 6.54 Å². The van der Waals surface area contributed by atoms with Crippen molar-refractivity contribution < 1.29 is 4.79 Å². The molecule has 1 saturated heterocycles. The zero-order chi connectivity index (χ0) is 18.6. The first kappa shape index (κ1) is 17.5. The van der Waals surface area contributed by atoms with E-state index < -0.39 is 0 Å². The molecule has 2 aromatic heterocycles. The van der Waals surface area contributed by atoms with Crippen molar-refractivity contribution in [1.82, 2.24) is 20.1 Å². The van der Waals surface area contributed by atoms with Gasteiger partial charge in [0, 0.05) is 32.0 Å². The summed E-state index contributed by atoms with van der Waals surface area (Å²) < 4.78 is 1.61. The Bertz CT molecular complexity index is 949. The predicted molar refractivity (Wildman–Crippen MR) is 105 cm³/mol. The van der Waals surface area contributed by atoms with Crippen LogP contribution in [0.4, 0.5) is 5.82 Å². The molecule has 0 bridgehead atoms. The van der Waals surface area contributed by atoms with Gasteiger partial charge < -0.3 is 10.2 Å². The lowest BCUT2D eigenvalue weighted by Crippen LogP contribution is -2.23. The summed E-state index contributed by atoms with van der Waals surface area (Å²) in [6, 6.07) is 11.3. The van der Waals surface area contributed by atoms with E-state index in [1.807, 2.05) is 30.3 Å². The van der Waals surface area contributed by atoms with Gasteiger partial charge in [-0.05, 0) is 42.7 Å². The summed E-state index contributed by atoms with van der Waals surface area (Å²) in [4.78, 5) is 19.2. The molecule has 1 aromatic carbocycles. The first-order valence-corrected chi connectivity index (χ1v) is 9.36. The Morgan fingerprint density at radius 3 is 2.81 bits per heavy atom. The molecule has 27 heavy (non-hydrogen) atoms. The molecule has 6 nitrogen and oxygen atoms in total. The van der Waals surface area contributed by atoms with Crippen LogP contribution in [0.15, 0.2) is 55.0 Å². The van der Waals surface area contributed by atoms with Gasteiger partial charge in [0.1, 0.15) is 5.82 Å². The second kappa shape index (κ2) is 7.80. The second-order valence-corrected chi connectivity index (χ2v) is 6.93. The Labute approximate surface area is 162 Å². The van der Waals surface area contributed by atoms with E-state index in [1.54, 1.807) is 29.3 Å². The standard InChI is InChI=1S/C20H20ClN5O/c21-17-5-1-2-6-18(17)26-14-16(13-24-26)20(27)23-12-15-7-8-22-19(11-15)25-9-3-4-10-25/h1-2,5-8,11,13-14H,3-4,9-10,12H2,(H,23,27). The summed E-state index contributed by atoms with van der Waals surface area (Å²) in [7, 11) is 0. The minimum absolute atomic E-state index is 0.173. The van der Waals surface area contributed by atoms with Gasteiger partial charge in [-0.3, -0.25) is 4.79 Å². The van der Waals surface area contributed by atoms with E-state index in [0.717, 1.165) is 30.2 Å². The first-order chi connectivity index (χ1) is 13.2. The van der Waals surface area contributed by atoms with Crippen LogP contribution < -0.4 is 10.2 Å². The van der Waals surface area contributed by atoms with Crippen LogP contribution >= 0.6 is 11.6 Å². The highest BCUT2D eigenvalue weighted by molar-refractivity contribution is 6.32. The molecule has 3 aromatic rings. The van der Waals surface area contributed by atoms with E-state index >= 15 is 0 Å². The molecule has 3 heterocycles. The predicted octanol–water partition coefficient (Wildman–Crippen LogP) is 3.45. The molecule has 0 saturated carbocycles. The number of nitrogens with zero attached hydrogens (tertiary/aromatic N) is 4. The van der Waals surface area contributed by atoms with Gasteiger partial charge in [-0.25, -0.2) is 9.67 Å². The molecule has 1 aliphatic heterocycles. The average Bonchev–Trinajstić information content (AvgIpc) is 3.39. The summed E-state index contributed by atoms with van der Waals surface area (Å²) in [6.07, 6.45) is 7.43. The summed E-state index contributed by atoms with van der Waals surface area (Å²) in [5.41, 5.74) is 2.25. The maximum absolute atomic E-state index is 12.5. The maximum Gasteiger partial charge on any atom is 0.254 e. The number of halogens is 1. The number of amides is 1. The van der Waals surface area contributed by atoms with E-state index in [1.165, 1.54) is 12.8 Å². The van der Waals surface area contributed by atoms with Crippen LogP contribution in [0, 0.1) is 0 Å². The second-order valence-electron chi connectivity index (χ2n) is 6.52. The molecular weight excluding hydrogens is 362 g/mol. The lowest BCUT2D eigenvalue weighted by Gasteiger charge is -2.16. The van der Waals surface area contributed by atoms with Gasteiger partial charge in [0.05, 0.1) is 22.5 Å². The van der Waals surface area contributed by atoms with E-state index in [4.69, 9.17) is 11.6 Å². The molecule has 1 N–H and O–H groups in total. The minimum atomic E-state index is -0.173. The number of aromatic nitrogens is 3. The number of nitrogens with one attached hydrogen (secondary N) is 1. The summed E-state index contributed by atoms with van der Waals surface area (Å²) in [5, 5.41) is 7.77. The molecular formula is C20H20ClN5O. The quantitative estimate of drug-likeness (QED) is 0.735. The maximum atomic E-state index is 12.5. The molecule has 7 heteroatoms. The number of carbonyl (C=O) groups is 1. The van der Waals surface area contributed by atoms with Crippen molar-refractivity contribution in [2.45, 2.75) is 19.4 Å². The van der Waals surface area contributed by atoms with Gasteiger partial charge in [0.2, 0.25) is 0 Å². The van der Waals surface area contributed by atoms with E-state index in [2.05, 4.69) is 20.3 Å². The lowest BCUT2D eigenvalue weighted by atomic mass is 10.2. The Balaban J connectivity index is 1.41. The van der Waals surface area contributed by atoms with Crippen molar-refractivity contribution in [3.05, 3.63) is 71.1 Å². The molecule has 1 aliphatic rings. The largest absolute Gasteiger partial charge is 0.357 e. The van der Waals surface area contributed by atoms with E-state index in [-0.39, 0.29) is 5.91 Å². The van der Waals surface area contributed by atoms with Crippen LogP contribution in [0.5, 0.6) is 0 Å². The average molecular weight is 382 g/mol. The molecule has 0 unspecified atom stereocenters. The van der Waals surface area contributed by atoms with Crippen LogP contribution in [0.25, 0.3) is 5.69 Å². The highest BCUT2D eigenvalue weighted by Gasteiger charge is 2.14. The topological polar surface area (TPSA) is 63.1 Å². The van der Waals surface area contributed by atoms with Gasteiger partial charge >= 0.3 is 0 Å². The van der Waals surface area contributed by atoms with Gasteiger partial charge in [0.15, 0.2) is 0 Å². The number of rotatable bonds is 5. The fraction of sp³-hybridized carbons (Fsp3) is 0.250. The minimum Gasteiger partial charge on any atom is -0.357 e. The molecule has 1 amide bonds. The van der Waals surface area contributed by atoms with Crippen molar-refractivity contribution in [3.63, 3.8) is 0 Å². The first-order valence-electron chi connectivity index (χ1n) is 8.98.